The molecule has 4 nitrogen and oxygen atoms in total. The lowest BCUT2D eigenvalue weighted by Crippen LogP contribution is -2.46. The molecule has 110 valence electrons. The largest absolute Gasteiger partial charge is 0.312 e. The van der Waals surface area contributed by atoms with Crippen molar-refractivity contribution in [3.05, 3.63) is 34.6 Å². The Labute approximate surface area is 122 Å². The molecule has 0 spiro atoms. The number of hydrogen-bond acceptors (Lipinski definition) is 4. The summed E-state index contributed by atoms with van der Waals surface area (Å²) in [5, 5.41) is 3.35. The molecule has 0 aromatic heterocycles. The first-order valence-electron chi connectivity index (χ1n) is 6.25. The molecule has 20 heavy (non-hydrogen) atoms. The molecular weight excluding hydrogens is 305 g/mol. The van der Waals surface area contributed by atoms with Gasteiger partial charge in [-0.05, 0) is 23.8 Å². The summed E-state index contributed by atoms with van der Waals surface area (Å²) in [4.78, 5) is 11.9. The lowest BCUT2D eigenvalue weighted by atomic mass is 10.0. The van der Waals surface area contributed by atoms with Crippen molar-refractivity contribution in [1.82, 2.24) is 5.32 Å². The van der Waals surface area contributed by atoms with Crippen molar-refractivity contribution in [3.8, 4) is 0 Å². The minimum Gasteiger partial charge on any atom is -0.312 e. The van der Waals surface area contributed by atoms with Crippen molar-refractivity contribution in [3.63, 3.8) is 0 Å². The number of Topliss-reactive ketones (excluding diaryl/α,β-unsaturated/α-hetero) is 1. The maximum atomic E-state index is 13.1. The van der Waals surface area contributed by atoms with Gasteiger partial charge < -0.3 is 5.32 Å². The van der Waals surface area contributed by atoms with Crippen molar-refractivity contribution in [2.24, 2.45) is 0 Å². The van der Waals surface area contributed by atoms with Crippen LogP contribution in [0.1, 0.15) is 12.0 Å². The third kappa shape index (κ3) is 4.26. The summed E-state index contributed by atoms with van der Waals surface area (Å²) >= 11 is 5.90. The molecule has 2 rings (SSSR count). The molecule has 0 amide bonds. The standard InChI is InChI=1S/C13H15ClFNO3S/c14-13-2-1-10(15)5-9(13)6-12(17)7-11-8-20(18,19)4-3-16-11/h1-2,5,11,16H,3-4,6-8H2. The number of nitrogens with one attached hydrogen (secondary N) is 1. The number of halogens is 2. The van der Waals surface area contributed by atoms with Crippen LogP contribution in [0.4, 0.5) is 4.39 Å². The molecular formula is C13H15ClFNO3S. The lowest BCUT2D eigenvalue weighted by molar-refractivity contribution is -0.118. The fourth-order valence-electron chi connectivity index (χ4n) is 2.24. The Hall–Kier alpha value is -0.980. The average Bonchev–Trinajstić information content (AvgIpc) is 2.32. The minimum atomic E-state index is -3.07. The Bertz CT molecular complexity index is 618. The average molecular weight is 320 g/mol. The molecule has 1 saturated heterocycles. The molecule has 1 aliphatic rings. The van der Waals surface area contributed by atoms with Crippen molar-refractivity contribution in [2.75, 3.05) is 18.1 Å². The second-order valence-corrected chi connectivity index (χ2v) is 7.56. The van der Waals surface area contributed by atoms with Gasteiger partial charge in [-0.15, -0.1) is 0 Å². The highest BCUT2D eigenvalue weighted by atomic mass is 35.5. The zero-order chi connectivity index (χ0) is 14.8. The summed E-state index contributed by atoms with van der Waals surface area (Å²) < 4.78 is 36.1. The van der Waals surface area contributed by atoms with Crippen LogP contribution >= 0.6 is 11.6 Å². The van der Waals surface area contributed by atoms with Gasteiger partial charge in [0.25, 0.3) is 0 Å². The van der Waals surface area contributed by atoms with E-state index in [0.717, 1.165) is 0 Å². The molecule has 0 aliphatic carbocycles. The molecule has 1 aliphatic heterocycles. The van der Waals surface area contributed by atoms with Crippen LogP contribution in [0, 0.1) is 5.82 Å². The van der Waals surface area contributed by atoms with E-state index in [2.05, 4.69) is 5.32 Å². The molecule has 0 bridgehead atoms. The van der Waals surface area contributed by atoms with E-state index in [4.69, 9.17) is 11.6 Å². The van der Waals surface area contributed by atoms with E-state index in [-0.39, 0.29) is 36.2 Å². The van der Waals surface area contributed by atoms with Gasteiger partial charge >= 0.3 is 0 Å². The highest BCUT2D eigenvalue weighted by Gasteiger charge is 2.26. The number of carbonyl (C=O) groups excluding carboxylic acids is 1. The molecule has 1 atom stereocenters. The molecule has 1 aromatic carbocycles. The molecule has 0 radical (unpaired) electrons. The molecule has 1 heterocycles. The molecule has 1 N–H and O–H groups in total. The quantitative estimate of drug-likeness (QED) is 0.910. The fraction of sp³-hybridized carbons (Fsp3) is 0.462. The summed E-state index contributed by atoms with van der Waals surface area (Å²) in [6.45, 7) is 0.362. The number of hydrogen-bond donors (Lipinski definition) is 1. The van der Waals surface area contributed by atoms with E-state index in [9.17, 15) is 17.6 Å². The maximum absolute atomic E-state index is 13.1. The number of rotatable bonds is 4. The lowest BCUT2D eigenvalue weighted by Gasteiger charge is -2.23. The predicted molar refractivity (Wildman–Crippen MR) is 75.2 cm³/mol. The molecule has 0 saturated carbocycles. The number of carbonyl (C=O) groups is 1. The second kappa shape index (κ2) is 6.20. The van der Waals surface area contributed by atoms with Gasteiger partial charge in [-0.25, -0.2) is 12.8 Å². The van der Waals surface area contributed by atoms with Crippen LogP contribution in [0.2, 0.25) is 5.02 Å². The van der Waals surface area contributed by atoms with Crippen LogP contribution in [0.25, 0.3) is 0 Å². The van der Waals surface area contributed by atoms with E-state index in [0.29, 0.717) is 17.1 Å². The first-order chi connectivity index (χ1) is 9.35. The topological polar surface area (TPSA) is 63.2 Å². The van der Waals surface area contributed by atoms with E-state index in [1.165, 1.54) is 18.2 Å². The zero-order valence-electron chi connectivity index (χ0n) is 10.7. The minimum absolute atomic E-state index is 0.00875. The fourth-order valence-corrected chi connectivity index (χ4v) is 3.87. The summed E-state index contributed by atoms with van der Waals surface area (Å²) in [6.07, 6.45) is 0.112. The van der Waals surface area contributed by atoms with Crippen LogP contribution in [-0.2, 0) is 21.1 Å². The van der Waals surface area contributed by atoms with E-state index in [1.54, 1.807) is 0 Å². The van der Waals surface area contributed by atoms with Gasteiger partial charge in [0.2, 0.25) is 0 Å². The summed E-state index contributed by atoms with van der Waals surface area (Å²) in [5.74, 6) is -0.536. The summed E-state index contributed by atoms with van der Waals surface area (Å²) in [6, 6.07) is 3.49. The SMILES string of the molecule is O=C(Cc1cc(F)ccc1Cl)CC1CS(=O)(=O)CCN1. The van der Waals surface area contributed by atoms with Crippen molar-refractivity contribution < 1.29 is 17.6 Å². The summed E-state index contributed by atoms with van der Waals surface area (Å²) in [7, 11) is -3.07. The van der Waals surface area contributed by atoms with Gasteiger partial charge in [0.1, 0.15) is 11.6 Å². The monoisotopic (exact) mass is 319 g/mol. The number of sulfone groups is 1. The predicted octanol–water partition coefficient (Wildman–Crippen LogP) is 1.37. The normalized spacial score (nSPS) is 21.6. The van der Waals surface area contributed by atoms with Gasteiger partial charge in [0.15, 0.2) is 9.84 Å². The van der Waals surface area contributed by atoms with Crippen LogP contribution in [0.5, 0.6) is 0 Å². The van der Waals surface area contributed by atoms with Gasteiger partial charge in [-0.3, -0.25) is 4.79 Å². The van der Waals surface area contributed by atoms with Crippen LogP contribution in [-0.4, -0.2) is 38.3 Å². The highest BCUT2D eigenvalue weighted by Crippen LogP contribution is 2.18. The van der Waals surface area contributed by atoms with Crippen LogP contribution < -0.4 is 5.32 Å². The first-order valence-corrected chi connectivity index (χ1v) is 8.45. The van der Waals surface area contributed by atoms with E-state index in [1.807, 2.05) is 0 Å². The van der Waals surface area contributed by atoms with Crippen LogP contribution in [0.3, 0.4) is 0 Å². The second-order valence-electron chi connectivity index (χ2n) is 4.92. The number of ketones is 1. The molecule has 1 aromatic rings. The van der Waals surface area contributed by atoms with E-state index < -0.39 is 15.7 Å². The maximum Gasteiger partial charge on any atom is 0.153 e. The zero-order valence-corrected chi connectivity index (χ0v) is 12.3. The first kappa shape index (κ1) is 15.4. The highest BCUT2D eigenvalue weighted by molar-refractivity contribution is 7.91. The Balaban J connectivity index is 1.97. The van der Waals surface area contributed by atoms with Gasteiger partial charge in [0.05, 0.1) is 11.5 Å². The Morgan fingerprint density at radius 2 is 2.20 bits per heavy atom. The van der Waals surface area contributed by atoms with Gasteiger partial charge in [-0.1, -0.05) is 11.6 Å². The smallest absolute Gasteiger partial charge is 0.153 e. The molecule has 1 unspecified atom stereocenters. The Morgan fingerprint density at radius 3 is 2.90 bits per heavy atom. The Kier molecular flexibility index (Phi) is 4.78. The van der Waals surface area contributed by atoms with Gasteiger partial charge in [0, 0.05) is 30.5 Å². The van der Waals surface area contributed by atoms with Crippen molar-refractivity contribution >= 4 is 27.2 Å². The number of benzene rings is 1. The summed E-state index contributed by atoms with van der Waals surface area (Å²) in [5.41, 5.74) is 0.426. The molecule has 7 heteroatoms. The third-order valence-electron chi connectivity index (χ3n) is 3.17. The Morgan fingerprint density at radius 1 is 1.45 bits per heavy atom. The van der Waals surface area contributed by atoms with Gasteiger partial charge in [-0.2, -0.15) is 0 Å². The van der Waals surface area contributed by atoms with Crippen molar-refractivity contribution in [2.45, 2.75) is 18.9 Å². The third-order valence-corrected chi connectivity index (χ3v) is 5.28. The molecule has 1 fully saturated rings. The van der Waals surface area contributed by atoms with Crippen molar-refractivity contribution in [1.29, 1.82) is 0 Å². The van der Waals surface area contributed by atoms with Crippen LogP contribution in [0.15, 0.2) is 18.2 Å². The van der Waals surface area contributed by atoms with E-state index >= 15 is 0 Å².